The van der Waals surface area contributed by atoms with Gasteiger partial charge in [0.05, 0.1) is 0 Å². The molecule has 3 aromatic rings. The lowest BCUT2D eigenvalue weighted by Crippen LogP contribution is -2.08. The van der Waals surface area contributed by atoms with E-state index in [1.165, 1.54) is 5.39 Å². The number of aromatic nitrogens is 2. The van der Waals surface area contributed by atoms with Crippen LogP contribution in [0.15, 0.2) is 54.9 Å². The van der Waals surface area contributed by atoms with Crippen molar-refractivity contribution in [1.29, 1.82) is 0 Å². The molecule has 0 saturated carbocycles. The Morgan fingerprint density at radius 1 is 1.16 bits per heavy atom. The number of rotatable bonds is 3. The molecule has 1 aromatic heterocycles. The lowest BCUT2D eigenvalue weighted by Gasteiger charge is -2.13. The molecule has 3 heteroatoms. The first kappa shape index (κ1) is 11.9. The molecule has 0 radical (unpaired) electrons. The molecule has 96 valence electrons. The highest BCUT2D eigenvalue weighted by molar-refractivity contribution is 5.83. The minimum absolute atomic E-state index is 0.681. The van der Waals surface area contributed by atoms with Gasteiger partial charge in [0.15, 0.2) is 0 Å². The van der Waals surface area contributed by atoms with E-state index in [0.29, 0.717) is 5.82 Å². The van der Waals surface area contributed by atoms with E-state index in [4.69, 9.17) is 0 Å². The van der Waals surface area contributed by atoms with Crippen molar-refractivity contribution in [3.63, 3.8) is 0 Å². The van der Waals surface area contributed by atoms with Gasteiger partial charge in [-0.3, -0.25) is 0 Å². The van der Waals surface area contributed by atoms with E-state index in [1.807, 2.05) is 48.0 Å². The second-order valence-electron chi connectivity index (χ2n) is 4.58. The Labute approximate surface area is 112 Å². The summed E-state index contributed by atoms with van der Waals surface area (Å²) in [4.78, 5) is 4.26. The van der Waals surface area contributed by atoms with Crippen molar-refractivity contribution >= 4 is 10.8 Å². The van der Waals surface area contributed by atoms with Gasteiger partial charge < -0.3 is 9.67 Å². The van der Waals surface area contributed by atoms with Crippen LogP contribution in [-0.2, 0) is 6.54 Å². The van der Waals surface area contributed by atoms with Crippen molar-refractivity contribution in [2.75, 3.05) is 0 Å². The van der Waals surface area contributed by atoms with Crippen LogP contribution in [0.4, 0.5) is 0 Å². The van der Waals surface area contributed by atoms with E-state index < -0.39 is 6.10 Å². The highest BCUT2D eigenvalue weighted by atomic mass is 16.3. The van der Waals surface area contributed by atoms with E-state index in [-0.39, 0.29) is 0 Å². The highest BCUT2D eigenvalue weighted by Crippen LogP contribution is 2.24. The van der Waals surface area contributed by atoms with Gasteiger partial charge in [0.1, 0.15) is 11.9 Å². The monoisotopic (exact) mass is 252 g/mol. The maximum Gasteiger partial charge on any atom is 0.142 e. The molecule has 0 aliphatic rings. The summed E-state index contributed by atoms with van der Waals surface area (Å²) in [6.07, 6.45) is 2.93. The van der Waals surface area contributed by atoms with Crippen molar-refractivity contribution in [1.82, 2.24) is 9.55 Å². The van der Waals surface area contributed by atoms with Gasteiger partial charge >= 0.3 is 0 Å². The van der Waals surface area contributed by atoms with Crippen LogP contribution in [-0.4, -0.2) is 14.7 Å². The Bertz CT molecular complexity index is 703. The summed E-state index contributed by atoms with van der Waals surface area (Å²) in [5.41, 5.74) is 0.875. The van der Waals surface area contributed by atoms with Crippen molar-refractivity contribution in [2.45, 2.75) is 19.6 Å². The maximum atomic E-state index is 10.5. The van der Waals surface area contributed by atoms with Crippen LogP contribution in [0.5, 0.6) is 0 Å². The summed E-state index contributed by atoms with van der Waals surface area (Å²) in [5, 5.41) is 12.8. The highest BCUT2D eigenvalue weighted by Gasteiger charge is 2.15. The molecule has 0 spiro atoms. The zero-order chi connectivity index (χ0) is 13.2. The summed E-state index contributed by atoms with van der Waals surface area (Å²) < 4.78 is 1.96. The third kappa shape index (κ3) is 2.13. The van der Waals surface area contributed by atoms with Crippen molar-refractivity contribution in [3.8, 4) is 0 Å². The van der Waals surface area contributed by atoms with Gasteiger partial charge in [-0.15, -0.1) is 0 Å². The first-order valence-corrected chi connectivity index (χ1v) is 6.47. The van der Waals surface area contributed by atoms with E-state index in [9.17, 15) is 5.11 Å². The number of fused-ring (bicyclic) bond motifs is 1. The molecule has 2 aromatic carbocycles. The minimum Gasteiger partial charge on any atom is -0.380 e. The molecule has 0 amide bonds. The summed E-state index contributed by atoms with van der Waals surface area (Å²) in [6.45, 7) is 2.85. The molecule has 19 heavy (non-hydrogen) atoms. The summed E-state index contributed by atoms with van der Waals surface area (Å²) in [7, 11) is 0. The van der Waals surface area contributed by atoms with E-state index in [0.717, 1.165) is 17.5 Å². The van der Waals surface area contributed by atoms with Crippen LogP contribution in [0.25, 0.3) is 10.8 Å². The standard InChI is InChI=1S/C16H16N2O/c1-2-18-10-9-17-16(18)15(19)14-8-7-12-5-3-4-6-13(12)11-14/h3-11,15,19H,2H2,1H3. The Morgan fingerprint density at radius 3 is 2.74 bits per heavy atom. The van der Waals surface area contributed by atoms with Gasteiger partial charge in [-0.25, -0.2) is 4.98 Å². The zero-order valence-electron chi connectivity index (χ0n) is 10.8. The Morgan fingerprint density at radius 2 is 1.95 bits per heavy atom. The van der Waals surface area contributed by atoms with Crippen molar-refractivity contribution in [2.24, 2.45) is 0 Å². The molecule has 0 fully saturated rings. The molecular weight excluding hydrogens is 236 g/mol. The van der Waals surface area contributed by atoms with Gasteiger partial charge in [0.2, 0.25) is 0 Å². The largest absolute Gasteiger partial charge is 0.380 e. The summed E-state index contributed by atoms with van der Waals surface area (Å²) in [6, 6.07) is 14.2. The number of imidazole rings is 1. The Kier molecular flexibility index (Phi) is 3.05. The number of aryl methyl sites for hydroxylation is 1. The first-order valence-electron chi connectivity index (χ1n) is 6.47. The smallest absolute Gasteiger partial charge is 0.142 e. The molecule has 1 heterocycles. The minimum atomic E-state index is -0.681. The molecule has 3 nitrogen and oxygen atoms in total. The fourth-order valence-electron chi connectivity index (χ4n) is 2.36. The predicted molar refractivity (Wildman–Crippen MR) is 75.9 cm³/mol. The zero-order valence-corrected chi connectivity index (χ0v) is 10.8. The molecule has 3 rings (SSSR count). The lowest BCUT2D eigenvalue weighted by atomic mass is 10.0. The van der Waals surface area contributed by atoms with E-state index in [2.05, 4.69) is 17.1 Å². The van der Waals surface area contributed by atoms with Gasteiger partial charge in [0, 0.05) is 18.9 Å². The molecule has 0 aliphatic heterocycles. The number of benzene rings is 2. The number of hydrogen-bond donors (Lipinski definition) is 1. The van der Waals surface area contributed by atoms with Gasteiger partial charge in [0.25, 0.3) is 0 Å². The van der Waals surface area contributed by atoms with Gasteiger partial charge in [-0.1, -0.05) is 36.4 Å². The van der Waals surface area contributed by atoms with Crippen molar-refractivity contribution < 1.29 is 5.11 Å². The van der Waals surface area contributed by atoms with E-state index in [1.54, 1.807) is 6.20 Å². The number of aliphatic hydroxyl groups is 1. The third-order valence-electron chi connectivity index (χ3n) is 3.42. The summed E-state index contributed by atoms with van der Waals surface area (Å²) in [5.74, 6) is 0.692. The predicted octanol–water partition coefficient (Wildman–Crippen LogP) is 3.14. The fourth-order valence-corrected chi connectivity index (χ4v) is 2.36. The second kappa shape index (κ2) is 4.86. The van der Waals surface area contributed by atoms with Crippen LogP contribution in [0.3, 0.4) is 0 Å². The number of aliphatic hydroxyl groups excluding tert-OH is 1. The molecule has 1 atom stereocenters. The quantitative estimate of drug-likeness (QED) is 0.777. The maximum absolute atomic E-state index is 10.5. The average Bonchev–Trinajstić information content (AvgIpc) is 2.94. The molecule has 1 N–H and O–H groups in total. The number of nitrogens with zero attached hydrogens (tertiary/aromatic N) is 2. The Hall–Kier alpha value is -2.13. The molecule has 0 saturated heterocycles. The molecule has 1 unspecified atom stereocenters. The van der Waals surface area contributed by atoms with Crippen LogP contribution in [0, 0.1) is 0 Å². The second-order valence-corrected chi connectivity index (χ2v) is 4.58. The third-order valence-corrected chi connectivity index (χ3v) is 3.42. The van der Waals surface area contributed by atoms with Crippen molar-refractivity contribution in [3.05, 3.63) is 66.2 Å². The fraction of sp³-hybridized carbons (Fsp3) is 0.188. The SMILES string of the molecule is CCn1ccnc1C(O)c1ccc2ccccc2c1. The van der Waals surface area contributed by atoms with Gasteiger partial charge in [-0.2, -0.15) is 0 Å². The normalized spacial score (nSPS) is 12.7. The first-order chi connectivity index (χ1) is 9.29. The molecule has 0 aliphatic carbocycles. The summed E-state index contributed by atoms with van der Waals surface area (Å²) >= 11 is 0. The molecule has 0 bridgehead atoms. The Balaban J connectivity index is 2.04. The van der Waals surface area contributed by atoms with E-state index >= 15 is 0 Å². The van der Waals surface area contributed by atoms with Crippen LogP contribution in [0.1, 0.15) is 24.4 Å². The van der Waals surface area contributed by atoms with Crippen LogP contribution < -0.4 is 0 Å². The number of hydrogen-bond acceptors (Lipinski definition) is 2. The lowest BCUT2D eigenvalue weighted by molar-refractivity contribution is 0.205. The van der Waals surface area contributed by atoms with Crippen LogP contribution >= 0.6 is 0 Å². The topological polar surface area (TPSA) is 38.0 Å². The molecular formula is C16H16N2O. The van der Waals surface area contributed by atoms with Gasteiger partial charge in [-0.05, 0) is 29.3 Å². The average molecular weight is 252 g/mol. The van der Waals surface area contributed by atoms with Crippen LogP contribution in [0.2, 0.25) is 0 Å².